The highest BCUT2D eigenvalue weighted by molar-refractivity contribution is 4.84. The predicted octanol–water partition coefficient (Wildman–Crippen LogP) is 1.54. The molecule has 0 radical (unpaired) electrons. The summed E-state index contributed by atoms with van der Waals surface area (Å²) in [4.78, 5) is 0. The van der Waals surface area contributed by atoms with Gasteiger partial charge in [0.15, 0.2) is 0 Å². The standard InChI is InChI=1S/C9H19NO/c1-9(2,3)11-6-8(10)7-4-5-7/h7-8H,4-6,10H2,1-3H3. The lowest BCUT2D eigenvalue weighted by molar-refractivity contribution is -0.0122. The third-order valence-corrected chi connectivity index (χ3v) is 1.94. The third kappa shape index (κ3) is 3.73. The van der Waals surface area contributed by atoms with Gasteiger partial charge in [0.05, 0.1) is 12.2 Å². The second-order valence-electron chi connectivity index (χ2n) is 4.42. The molecule has 0 heterocycles. The number of rotatable bonds is 3. The number of ether oxygens (including phenoxy) is 1. The monoisotopic (exact) mass is 157 g/mol. The molecule has 0 aliphatic heterocycles. The Morgan fingerprint density at radius 3 is 2.36 bits per heavy atom. The van der Waals surface area contributed by atoms with Crippen molar-refractivity contribution in [1.29, 1.82) is 0 Å². The minimum atomic E-state index is -0.0352. The summed E-state index contributed by atoms with van der Waals surface area (Å²) in [6.45, 7) is 6.90. The summed E-state index contributed by atoms with van der Waals surface area (Å²) in [5.41, 5.74) is 5.83. The number of hydrogen-bond donors (Lipinski definition) is 1. The van der Waals surface area contributed by atoms with Gasteiger partial charge < -0.3 is 10.5 Å². The lowest BCUT2D eigenvalue weighted by atomic mass is 10.1. The molecule has 1 fully saturated rings. The van der Waals surface area contributed by atoms with Gasteiger partial charge in [-0.2, -0.15) is 0 Å². The van der Waals surface area contributed by atoms with Gasteiger partial charge >= 0.3 is 0 Å². The first-order valence-corrected chi connectivity index (χ1v) is 4.38. The van der Waals surface area contributed by atoms with Gasteiger partial charge in [0.1, 0.15) is 0 Å². The van der Waals surface area contributed by atoms with Crippen LogP contribution in [0.15, 0.2) is 0 Å². The second-order valence-corrected chi connectivity index (χ2v) is 4.42. The Morgan fingerprint density at radius 1 is 1.45 bits per heavy atom. The highest BCUT2D eigenvalue weighted by atomic mass is 16.5. The Bertz CT molecular complexity index is 124. The molecule has 2 N–H and O–H groups in total. The zero-order valence-electron chi connectivity index (χ0n) is 7.76. The van der Waals surface area contributed by atoms with Gasteiger partial charge in [-0.1, -0.05) is 0 Å². The molecular formula is C9H19NO. The molecule has 11 heavy (non-hydrogen) atoms. The summed E-state index contributed by atoms with van der Waals surface area (Å²) < 4.78 is 5.57. The van der Waals surface area contributed by atoms with Crippen LogP contribution >= 0.6 is 0 Å². The van der Waals surface area contributed by atoms with Crippen molar-refractivity contribution in [3.8, 4) is 0 Å². The van der Waals surface area contributed by atoms with Crippen molar-refractivity contribution in [3.05, 3.63) is 0 Å². The molecule has 0 saturated heterocycles. The lowest BCUT2D eigenvalue weighted by Gasteiger charge is -2.22. The maximum Gasteiger partial charge on any atom is 0.0627 e. The maximum atomic E-state index is 5.86. The average molecular weight is 157 g/mol. The quantitative estimate of drug-likeness (QED) is 0.674. The van der Waals surface area contributed by atoms with Gasteiger partial charge in [-0.05, 0) is 39.5 Å². The van der Waals surface area contributed by atoms with E-state index < -0.39 is 0 Å². The molecule has 1 saturated carbocycles. The van der Waals surface area contributed by atoms with Gasteiger partial charge in [-0.3, -0.25) is 0 Å². The molecule has 0 aromatic heterocycles. The zero-order valence-corrected chi connectivity index (χ0v) is 7.76. The Hall–Kier alpha value is -0.0800. The van der Waals surface area contributed by atoms with E-state index in [0.717, 1.165) is 5.92 Å². The molecule has 0 spiro atoms. The van der Waals surface area contributed by atoms with Crippen molar-refractivity contribution < 1.29 is 4.74 Å². The van der Waals surface area contributed by atoms with Crippen LogP contribution < -0.4 is 5.73 Å². The zero-order chi connectivity index (χ0) is 8.48. The van der Waals surface area contributed by atoms with Gasteiger partial charge in [-0.25, -0.2) is 0 Å². The smallest absolute Gasteiger partial charge is 0.0627 e. The van der Waals surface area contributed by atoms with E-state index in [1.165, 1.54) is 12.8 Å². The van der Waals surface area contributed by atoms with Crippen molar-refractivity contribution in [3.63, 3.8) is 0 Å². The van der Waals surface area contributed by atoms with E-state index in [1.54, 1.807) is 0 Å². The van der Waals surface area contributed by atoms with Crippen LogP contribution in [0.3, 0.4) is 0 Å². The summed E-state index contributed by atoms with van der Waals surface area (Å²) in [5, 5.41) is 0. The van der Waals surface area contributed by atoms with Crippen molar-refractivity contribution in [1.82, 2.24) is 0 Å². The van der Waals surface area contributed by atoms with Gasteiger partial charge in [0.25, 0.3) is 0 Å². The molecule has 1 aliphatic carbocycles. The molecule has 0 aromatic carbocycles. The van der Waals surface area contributed by atoms with E-state index in [-0.39, 0.29) is 11.6 Å². The highest BCUT2D eigenvalue weighted by Gasteiger charge is 2.29. The fourth-order valence-corrected chi connectivity index (χ4v) is 1.01. The maximum absolute atomic E-state index is 5.86. The van der Waals surface area contributed by atoms with Crippen molar-refractivity contribution in [2.75, 3.05) is 6.61 Å². The molecule has 1 rings (SSSR count). The molecule has 1 unspecified atom stereocenters. The molecule has 66 valence electrons. The van der Waals surface area contributed by atoms with Crippen LogP contribution in [0.5, 0.6) is 0 Å². The van der Waals surface area contributed by atoms with Crippen molar-refractivity contribution >= 4 is 0 Å². The lowest BCUT2D eigenvalue weighted by Crippen LogP contribution is -2.33. The first-order chi connectivity index (χ1) is 4.99. The molecule has 1 atom stereocenters. The Balaban J connectivity index is 2.10. The van der Waals surface area contributed by atoms with Crippen LogP contribution in [-0.4, -0.2) is 18.2 Å². The van der Waals surface area contributed by atoms with Gasteiger partial charge in [0, 0.05) is 6.04 Å². The van der Waals surface area contributed by atoms with E-state index in [0.29, 0.717) is 6.61 Å². The van der Waals surface area contributed by atoms with Crippen LogP contribution in [0, 0.1) is 5.92 Å². The van der Waals surface area contributed by atoms with Gasteiger partial charge in [-0.15, -0.1) is 0 Å². The van der Waals surface area contributed by atoms with Gasteiger partial charge in [0.2, 0.25) is 0 Å². The first kappa shape index (κ1) is 9.01. The van der Waals surface area contributed by atoms with Crippen molar-refractivity contribution in [2.24, 2.45) is 11.7 Å². The topological polar surface area (TPSA) is 35.2 Å². The Kier molecular flexibility index (Phi) is 2.55. The fraction of sp³-hybridized carbons (Fsp3) is 1.00. The van der Waals surface area contributed by atoms with Crippen molar-refractivity contribution in [2.45, 2.75) is 45.3 Å². The largest absolute Gasteiger partial charge is 0.374 e. The molecule has 1 aliphatic rings. The van der Waals surface area contributed by atoms with E-state index in [4.69, 9.17) is 10.5 Å². The summed E-state index contributed by atoms with van der Waals surface area (Å²) in [6, 6.07) is 0.272. The van der Waals surface area contributed by atoms with E-state index in [2.05, 4.69) is 20.8 Å². The predicted molar refractivity (Wildman–Crippen MR) is 46.4 cm³/mol. The van der Waals surface area contributed by atoms with E-state index in [1.807, 2.05) is 0 Å². The highest BCUT2D eigenvalue weighted by Crippen LogP contribution is 2.31. The van der Waals surface area contributed by atoms with Crippen LogP contribution in [0.2, 0.25) is 0 Å². The first-order valence-electron chi connectivity index (χ1n) is 4.38. The molecule has 0 aromatic rings. The van der Waals surface area contributed by atoms with Crippen LogP contribution in [-0.2, 0) is 4.74 Å². The van der Waals surface area contributed by atoms with Crippen LogP contribution in [0.1, 0.15) is 33.6 Å². The Labute approximate surface area is 69.1 Å². The normalized spacial score (nSPS) is 21.8. The molecule has 0 bridgehead atoms. The summed E-state index contributed by atoms with van der Waals surface area (Å²) >= 11 is 0. The van der Waals surface area contributed by atoms with Crippen LogP contribution in [0.4, 0.5) is 0 Å². The third-order valence-electron chi connectivity index (χ3n) is 1.94. The SMILES string of the molecule is CC(C)(C)OCC(N)C1CC1. The molecule has 0 amide bonds. The minimum absolute atomic E-state index is 0.0352. The summed E-state index contributed by atoms with van der Waals surface area (Å²) in [7, 11) is 0. The average Bonchev–Trinajstić information content (AvgIpc) is 2.61. The Morgan fingerprint density at radius 2 is 2.00 bits per heavy atom. The number of hydrogen-bond acceptors (Lipinski definition) is 2. The van der Waals surface area contributed by atoms with E-state index in [9.17, 15) is 0 Å². The summed E-state index contributed by atoms with van der Waals surface area (Å²) in [6.07, 6.45) is 2.60. The minimum Gasteiger partial charge on any atom is -0.374 e. The number of nitrogens with two attached hydrogens (primary N) is 1. The molecule has 2 heteroatoms. The van der Waals surface area contributed by atoms with Crippen LogP contribution in [0.25, 0.3) is 0 Å². The molecule has 2 nitrogen and oxygen atoms in total. The summed E-state index contributed by atoms with van der Waals surface area (Å²) in [5.74, 6) is 0.748. The fourth-order valence-electron chi connectivity index (χ4n) is 1.01. The van der Waals surface area contributed by atoms with E-state index >= 15 is 0 Å². The molecular weight excluding hydrogens is 138 g/mol. The second kappa shape index (κ2) is 3.11.